The number of hydrogen-bond acceptors (Lipinski definition) is 5. The largest absolute Gasteiger partial charge is 0.361 e. The molecule has 0 saturated carbocycles. The van der Waals surface area contributed by atoms with Gasteiger partial charge in [-0.25, -0.2) is 4.98 Å². The summed E-state index contributed by atoms with van der Waals surface area (Å²) in [4.78, 5) is 25.6. The van der Waals surface area contributed by atoms with Crippen molar-refractivity contribution in [2.45, 2.75) is 32.1 Å². The van der Waals surface area contributed by atoms with Gasteiger partial charge < -0.3 is 9.80 Å². The monoisotopic (exact) mass is 356 g/mol. The maximum atomic E-state index is 12.6. The van der Waals surface area contributed by atoms with Crippen LogP contribution in [-0.2, 0) is 24.7 Å². The van der Waals surface area contributed by atoms with E-state index in [-0.39, 0.29) is 5.91 Å². The molecule has 1 saturated heterocycles. The SMILES string of the molecule is CN(C)c1nccnc1CC1CCCN(C(=O)CCc2ccnn2C)C1. The molecule has 1 atom stereocenters. The minimum atomic E-state index is 0.239. The summed E-state index contributed by atoms with van der Waals surface area (Å²) in [6.45, 7) is 1.68. The summed E-state index contributed by atoms with van der Waals surface area (Å²) in [6.07, 6.45) is 9.60. The average molecular weight is 356 g/mol. The smallest absolute Gasteiger partial charge is 0.222 e. The van der Waals surface area contributed by atoms with Crippen molar-refractivity contribution >= 4 is 11.7 Å². The molecule has 0 spiro atoms. The van der Waals surface area contributed by atoms with E-state index < -0.39 is 0 Å². The normalized spacial score (nSPS) is 17.3. The summed E-state index contributed by atoms with van der Waals surface area (Å²) in [6, 6.07) is 1.98. The van der Waals surface area contributed by atoms with Crippen LogP contribution in [0, 0.1) is 5.92 Å². The zero-order valence-electron chi connectivity index (χ0n) is 15.9. The lowest BCUT2D eigenvalue weighted by molar-refractivity contribution is -0.133. The maximum absolute atomic E-state index is 12.6. The van der Waals surface area contributed by atoms with Gasteiger partial charge in [0, 0.05) is 64.9 Å². The lowest BCUT2D eigenvalue weighted by Crippen LogP contribution is -2.40. The number of amides is 1. The standard InChI is InChI=1S/C19H28N6O/c1-23(2)19-17(20-10-11-21-19)13-15-5-4-12-25(14-15)18(26)7-6-16-8-9-22-24(16)3/h8-11,15H,4-7,12-14H2,1-3H3. The quantitative estimate of drug-likeness (QED) is 0.788. The minimum Gasteiger partial charge on any atom is -0.361 e. The molecule has 3 heterocycles. The first-order valence-corrected chi connectivity index (χ1v) is 9.26. The first-order valence-electron chi connectivity index (χ1n) is 9.26. The fourth-order valence-corrected chi connectivity index (χ4v) is 3.65. The van der Waals surface area contributed by atoms with Crippen molar-refractivity contribution in [3.05, 3.63) is 36.0 Å². The van der Waals surface area contributed by atoms with E-state index in [2.05, 4.69) is 15.1 Å². The van der Waals surface area contributed by atoms with Crippen LogP contribution in [0.1, 0.15) is 30.7 Å². The summed E-state index contributed by atoms with van der Waals surface area (Å²) in [7, 11) is 5.89. The molecule has 1 unspecified atom stereocenters. The number of aryl methyl sites for hydroxylation is 2. The summed E-state index contributed by atoms with van der Waals surface area (Å²) in [5.41, 5.74) is 2.12. The summed E-state index contributed by atoms with van der Waals surface area (Å²) < 4.78 is 1.84. The van der Waals surface area contributed by atoms with Crippen LogP contribution in [0.25, 0.3) is 0 Å². The molecule has 0 radical (unpaired) electrons. The Balaban J connectivity index is 1.57. The van der Waals surface area contributed by atoms with Crippen LogP contribution in [0.5, 0.6) is 0 Å². The van der Waals surface area contributed by atoms with Crippen molar-refractivity contribution in [3.8, 4) is 0 Å². The molecule has 0 bridgehead atoms. The third-order valence-corrected chi connectivity index (χ3v) is 5.05. The van der Waals surface area contributed by atoms with Gasteiger partial charge in [0.05, 0.1) is 5.69 Å². The molecule has 2 aromatic rings. The number of piperidine rings is 1. The highest BCUT2D eigenvalue weighted by molar-refractivity contribution is 5.76. The van der Waals surface area contributed by atoms with Gasteiger partial charge in [-0.15, -0.1) is 0 Å². The highest BCUT2D eigenvalue weighted by atomic mass is 16.2. The predicted octanol–water partition coefficient (Wildman–Crippen LogP) is 1.69. The highest BCUT2D eigenvalue weighted by Crippen LogP contribution is 2.24. The first kappa shape index (κ1) is 18.4. The molecule has 0 aliphatic carbocycles. The number of nitrogens with zero attached hydrogens (tertiary/aromatic N) is 6. The van der Waals surface area contributed by atoms with E-state index in [1.165, 1.54) is 0 Å². The summed E-state index contributed by atoms with van der Waals surface area (Å²) in [5, 5.41) is 4.16. The Hall–Kier alpha value is -2.44. The second-order valence-corrected chi connectivity index (χ2v) is 7.22. The van der Waals surface area contributed by atoms with Crippen molar-refractivity contribution in [2.24, 2.45) is 13.0 Å². The Morgan fingerprint density at radius 1 is 1.27 bits per heavy atom. The molecule has 7 heteroatoms. The molecule has 3 rings (SSSR count). The van der Waals surface area contributed by atoms with Crippen molar-refractivity contribution in [1.29, 1.82) is 0 Å². The minimum absolute atomic E-state index is 0.239. The fraction of sp³-hybridized carbons (Fsp3) is 0.579. The van der Waals surface area contributed by atoms with Crippen molar-refractivity contribution < 1.29 is 4.79 Å². The number of likely N-dealkylation sites (tertiary alicyclic amines) is 1. The van der Waals surface area contributed by atoms with Crippen molar-refractivity contribution in [2.75, 3.05) is 32.1 Å². The number of carbonyl (C=O) groups excluding carboxylic acids is 1. The van der Waals surface area contributed by atoms with Gasteiger partial charge in [-0.3, -0.25) is 14.5 Å². The Kier molecular flexibility index (Phi) is 5.85. The van der Waals surface area contributed by atoms with Crippen LogP contribution in [0.15, 0.2) is 24.7 Å². The van der Waals surface area contributed by atoms with Crippen molar-refractivity contribution in [1.82, 2.24) is 24.6 Å². The van der Waals surface area contributed by atoms with Gasteiger partial charge in [-0.1, -0.05) is 0 Å². The average Bonchev–Trinajstić information content (AvgIpc) is 3.05. The van der Waals surface area contributed by atoms with Crippen molar-refractivity contribution in [3.63, 3.8) is 0 Å². The molecule has 0 N–H and O–H groups in total. The van der Waals surface area contributed by atoms with Crippen LogP contribution in [0.3, 0.4) is 0 Å². The van der Waals surface area contributed by atoms with Crippen LogP contribution in [-0.4, -0.2) is 57.7 Å². The fourth-order valence-electron chi connectivity index (χ4n) is 3.65. The molecule has 1 fully saturated rings. The zero-order chi connectivity index (χ0) is 18.5. The Bertz CT molecular complexity index is 741. The van der Waals surface area contributed by atoms with Gasteiger partial charge in [0.2, 0.25) is 5.91 Å². The van der Waals surface area contributed by atoms with Gasteiger partial charge >= 0.3 is 0 Å². The second-order valence-electron chi connectivity index (χ2n) is 7.22. The highest BCUT2D eigenvalue weighted by Gasteiger charge is 2.25. The number of anilines is 1. The van der Waals surface area contributed by atoms with E-state index in [1.807, 2.05) is 41.7 Å². The van der Waals surface area contributed by atoms with Crippen LogP contribution in [0.4, 0.5) is 5.82 Å². The zero-order valence-corrected chi connectivity index (χ0v) is 15.9. The summed E-state index contributed by atoms with van der Waals surface area (Å²) >= 11 is 0. The van der Waals surface area contributed by atoms with Gasteiger partial charge in [0.15, 0.2) is 0 Å². The number of hydrogen-bond donors (Lipinski definition) is 0. The van der Waals surface area contributed by atoms with Gasteiger partial charge in [0.1, 0.15) is 5.82 Å². The van der Waals surface area contributed by atoms with E-state index >= 15 is 0 Å². The molecule has 2 aromatic heterocycles. The third-order valence-electron chi connectivity index (χ3n) is 5.05. The predicted molar refractivity (Wildman–Crippen MR) is 101 cm³/mol. The van der Waals surface area contributed by atoms with E-state index in [0.29, 0.717) is 12.3 Å². The molecule has 1 aliphatic heterocycles. The topological polar surface area (TPSA) is 67.2 Å². The molecular weight excluding hydrogens is 328 g/mol. The molecule has 1 aliphatic rings. The number of rotatable bonds is 6. The first-order chi connectivity index (χ1) is 12.5. The van der Waals surface area contributed by atoms with E-state index in [9.17, 15) is 4.79 Å². The molecule has 140 valence electrons. The summed E-state index contributed by atoms with van der Waals surface area (Å²) in [5.74, 6) is 1.61. The van der Waals surface area contributed by atoms with Gasteiger partial charge in [0.25, 0.3) is 0 Å². The van der Waals surface area contributed by atoms with E-state index in [4.69, 9.17) is 0 Å². The number of carbonyl (C=O) groups is 1. The van der Waals surface area contributed by atoms with E-state index in [0.717, 1.165) is 56.0 Å². The maximum Gasteiger partial charge on any atom is 0.222 e. The van der Waals surface area contributed by atoms with Gasteiger partial charge in [-0.05, 0) is 37.7 Å². The van der Waals surface area contributed by atoms with Gasteiger partial charge in [-0.2, -0.15) is 5.10 Å². The van der Waals surface area contributed by atoms with Crippen LogP contribution < -0.4 is 4.90 Å². The lowest BCUT2D eigenvalue weighted by atomic mass is 9.93. The Labute approximate surface area is 155 Å². The Morgan fingerprint density at radius 2 is 2.08 bits per heavy atom. The second kappa shape index (κ2) is 8.29. The van der Waals surface area contributed by atoms with E-state index in [1.54, 1.807) is 18.6 Å². The lowest BCUT2D eigenvalue weighted by Gasteiger charge is -2.33. The molecule has 1 amide bonds. The van der Waals surface area contributed by atoms with Crippen LogP contribution in [0.2, 0.25) is 0 Å². The Morgan fingerprint density at radius 3 is 2.81 bits per heavy atom. The molecule has 0 aromatic carbocycles. The van der Waals surface area contributed by atoms with Crippen LogP contribution >= 0.6 is 0 Å². The number of aromatic nitrogens is 4. The third kappa shape index (κ3) is 4.39. The molecule has 26 heavy (non-hydrogen) atoms. The molecular formula is C19H28N6O. The molecule has 7 nitrogen and oxygen atoms in total.